The largest absolute Gasteiger partial charge is 0.368 e. The van der Waals surface area contributed by atoms with Crippen molar-refractivity contribution < 1.29 is 4.39 Å². The van der Waals surface area contributed by atoms with Crippen LogP contribution in [-0.4, -0.2) is 63.1 Å². The first-order valence-electron chi connectivity index (χ1n) is 9.74. The zero-order valence-corrected chi connectivity index (χ0v) is 19.8. The van der Waals surface area contributed by atoms with Crippen molar-refractivity contribution >= 4 is 35.6 Å². The number of nitrogens with one attached hydrogen (secondary N) is 1. The van der Waals surface area contributed by atoms with Gasteiger partial charge in [-0.25, -0.2) is 4.39 Å². The molecule has 2 aromatic rings. The number of guanidine groups is 1. The van der Waals surface area contributed by atoms with E-state index in [9.17, 15) is 4.39 Å². The Kier molecular flexibility index (Phi) is 9.16. The lowest BCUT2D eigenvalue weighted by molar-refractivity contribution is 0.372. The number of piperazine rings is 1. The Balaban J connectivity index is 0.00000300. The minimum atomic E-state index is -0.154. The molecule has 0 bridgehead atoms. The van der Waals surface area contributed by atoms with Crippen molar-refractivity contribution in [2.24, 2.45) is 4.99 Å². The highest BCUT2D eigenvalue weighted by Gasteiger charge is 2.19. The zero-order valence-electron chi connectivity index (χ0n) is 17.4. The van der Waals surface area contributed by atoms with E-state index in [1.807, 2.05) is 44.2 Å². The maximum Gasteiger partial charge on any atom is 0.194 e. The smallest absolute Gasteiger partial charge is 0.194 e. The lowest BCUT2D eigenvalue weighted by atomic mass is 10.1. The third-order valence-electron chi connectivity index (χ3n) is 4.96. The molecule has 0 saturated carbocycles. The molecule has 1 N–H and O–H groups in total. The van der Waals surface area contributed by atoms with Crippen LogP contribution in [0.15, 0.2) is 53.5 Å². The van der Waals surface area contributed by atoms with Crippen molar-refractivity contribution in [3.63, 3.8) is 0 Å². The molecule has 3 rings (SSSR count). The SMILES string of the molecule is CN=C(NCc1ccc(F)c(CN(C)C)c1)N1CCN(c2ccccc2)CC1.I. The summed E-state index contributed by atoms with van der Waals surface area (Å²) in [5.41, 5.74) is 3.04. The van der Waals surface area contributed by atoms with Crippen molar-refractivity contribution in [1.29, 1.82) is 0 Å². The van der Waals surface area contributed by atoms with Gasteiger partial charge in [0.05, 0.1) is 0 Å². The van der Waals surface area contributed by atoms with E-state index in [2.05, 4.69) is 44.4 Å². The molecule has 0 atom stereocenters. The van der Waals surface area contributed by atoms with E-state index >= 15 is 0 Å². The summed E-state index contributed by atoms with van der Waals surface area (Å²) in [7, 11) is 5.70. The quantitative estimate of drug-likeness (QED) is 0.379. The molecule has 0 unspecified atom stereocenters. The maximum atomic E-state index is 14.0. The number of rotatable bonds is 5. The van der Waals surface area contributed by atoms with Crippen molar-refractivity contribution in [3.8, 4) is 0 Å². The van der Waals surface area contributed by atoms with Crippen molar-refractivity contribution in [2.75, 3.05) is 52.2 Å². The third-order valence-corrected chi connectivity index (χ3v) is 4.96. The normalized spacial score (nSPS) is 14.7. The number of halogens is 2. The van der Waals surface area contributed by atoms with Crippen LogP contribution >= 0.6 is 24.0 Å². The third kappa shape index (κ3) is 6.57. The summed E-state index contributed by atoms with van der Waals surface area (Å²) < 4.78 is 14.0. The van der Waals surface area contributed by atoms with E-state index in [0.717, 1.165) is 43.3 Å². The summed E-state index contributed by atoms with van der Waals surface area (Å²) in [5, 5.41) is 3.43. The molecule has 1 aliphatic rings. The molecule has 7 heteroatoms. The fourth-order valence-electron chi connectivity index (χ4n) is 3.53. The number of benzene rings is 2. The first-order chi connectivity index (χ1) is 13.6. The van der Waals surface area contributed by atoms with Crippen LogP contribution in [0.1, 0.15) is 11.1 Å². The van der Waals surface area contributed by atoms with Gasteiger partial charge in [0, 0.05) is 57.6 Å². The Labute approximate surface area is 190 Å². The summed E-state index contributed by atoms with van der Waals surface area (Å²) in [6.45, 7) is 5.00. The van der Waals surface area contributed by atoms with Gasteiger partial charge >= 0.3 is 0 Å². The van der Waals surface area contributed by atoms with Gasteiger partial charge in [-0.1, -0.05) is 24.3 Å². The molecular formula is C22H31FIN5. The molecule has 0 aliphatic carbocycles. The number of aliphatic imine (C=N–C) groups is 1. The summed E-state index contributed by atoms with van der Waals surface area (Å²) in [5.74, 6) is 0.741. The van der Waals surface area contributed by atoms with Crippen LogP contribution in [0.3, 0.4) is 0 Å². The Morgan fingerprint density at radius 2 is 1.76 bits per heavy atom. The second kappa shape index (κ2) is 11.3. The van der Waals surface area contributed by atoms with Crippen molar-refractivity contribution in [2.45, 2.75) is 13.1 Å². The average molecular weight is 511 g/mol. The average Bonchev–Trinajstić information content (AvgIpc) is 2.71. The van der Waals surface area contributed by atoms with Gasteiger partial charge in [-0.2, -0.15) is 0 Å². The molecule has 0 spiro atoms. The summed E-state index contributed by atoms with van der Waals surface area (Å²) in [4.78, 5) is 11.1. The Bertz CT molecular complexity index is 789. The highest BCUT2D eigenvalue weighted by Crippen LogP contribution is 2.16. The van der Waals surface area contributed by atoms with E-state index in [0.29, 0.717) is 13.1 Å². The molecule has 0 amide bonds. The first kappa shape index (κ1) is 23.4. The lowest BCUT2D eigenvalue weighted by Crippen LogP contribution is -2.52. The van der Waals surface area contributed by atoms with E-state index in [1.165, 1.54) is 5.69 Å². The number of para-hydroxylation sites is 1. The van der Waals surface area contributed by atoms with E-state index < -0.39 is 0 Å². The first-order valence-corrected chi connectivity index (χ1v) is 9.74. The molecule has 2 aromatic carbocycles. The van der Waals surface area contributed by atoms with Crippen LogP contribution in [0.4, 0.5) is 10.1 Å². The number of hydrogen-bond acceptors (Lipinski definition) is 3. The topological polar surface area (TPSA) is 34.1 Å². The van der Waals surface area contributed by atoms with Crippen LogP contribution in [0.2, 0.25) is 0 Å². The second-order valence-corrected chi connectivity index (χ2v) is 7.37. The molecule has 158 valence electrons. The Morgan fingerprint density at radius 1 is 1.07 bits per heavy atom. The molecule has 1 heterocycles. The van der Waals surface area contributed by atoms with Crippen molar-refractivity contribution in [1.82, 2.24) is 15.1 Å². The van der Waals surface area contributed by atoms with E-state index in [1.54, 1.807) is 6.07 Å². The van der Waals surface area contributed by atoms with Gasteiger partial charge in [0.25, 0.3) is 0 Å². The molecule has 1 fully saturated rings. The Hall–Kier alpha value is -1.87. The standard InChI is InChI=1S/C22H30FN5.HI/c1-24-22(25-16-18-9-10-21(23)19(15-18)17-26(2)3)28-13-11-27(12-14-28)20-7-5-4-6-8-20;/h4-10,15H,11-14,16-17H2,1-3H3,(H,24,25);1H. The molecular weight excluding hydrogens is 480 g/mol. The minimum absolute atomic E-state index is 0. The highest BCUT2D eigenvalue weighted by molar-refractivity contribution is 14.0. The zero-order chi connectivity index (χ0) is 19.9. The number of hydrogen-bond donors (Lipinski definition) is 1. The molecule has 5 nitrogen and oxygen atoms in total. The van der Waals surface area contributed by atoms with Crippen LogP contribution in [-0.2, 0) is 13.1 Å². The molecule has 29 heavy (non-hydrogen) atoms. The Morgan fingerprint density at radius 3 is 2.38 bits per heavy atom. The predicted octanol–water partition coefficient (Wildman–Crippen LogP) is 3.40. The van der Waals surface area contributed by atoms with Crippen LogP contribution < -0.4 is 10.2 Å². The summed E-state index contributed by atoms with van der Waals surface area (Å²) in [6, 6.07) is 15.8. The minimum Gasteiger partial charge on any atom is -0.368 e. The lowest BCUT2D eigenvalue weighted by Gasteiger charge is -2.37. The van der Waals surface area contributed by atoms with E-state index in [4.69, 9.17) is 0 Å². The van der Waals surface area contributed by atoms with Crippen LogP contribution in [0.5, 0.6) is 0 Å². The maximum absolute atomic E-state index is 14.0. The van der Waals surface area contributed by atoms with Gasteiger partial charge in [0.2, 0.25) is 0 Å². The van der Waals surface area contributed by atoms with Gasteiger partial charge in [-0.3, -0.25) is 4.99 Å². The molecule has 0 radical (unpaired) electrons. The monoisotopic (exact) mass is 511 g/mol. The number of anilines is 1. The van der Waals surface area contributed by atoms with E-state index in [-0.39, 0.29) is 29.8 Å². The van der Waals surface area contributed by atoms with Crippen LogP contribution in [0, 0.1) is 5.82 Å². The van der Waals surface area contributed by atoms with Gasteiger partial charge in [-0.15, -0.1) is 24.0 Å². The second-order valence-electron chi connectivity index (χ2n) is 7.37. The fourth-order valence-corrected chi connectivity index (χ4v) is 3.53. The van der Waals surface area contributed by atoms with Gasteiger partial charge in [0.15, 0.2) is 5.96 Å². The van der Waals surface area contributed by atoms with Crippen molar-refractivity contribution in [3.05, 3.63) is 65.5 Å². The molecule has 1 aliphatic heterocycles. The summed E-state index contributed by atoms with van der Waals surface area (Å²) >= 11 is 0. The highest BCUT2D eigenvalue weighted by atomic mass is 127. The van der Waals surface area contributed by atoms with Gasteiger partial charge < -0.3 is 20.0 Å². The predicted molar refractivity (Wildman–Crippen MR) is 130 cm³/mol. The van der Waals surface area contributed by atoms with Gasteiger partial charge in [-0.05, 0) is 43.9 Å². The molecule has 1 saturated heterocycles. The van der Waals surface area contributed by atoms with Gasteiger partial charge in [0.1, 0.15) is 5.82 Å². The fraction of sp³-hybridized carbons (Fsp3) is 0.409. The van der Waals surface area contributed by atoms with Crippen LogP contribution in [0.25, 0.3) is 0 Å². The number of nitrogens with zero attached hydrogens (tertiary/aromatic N) is 4. The summed E-state index contributed by atoms with van der Waals surface area (Å²) in [6.07, 6.45) is 0. The molecule has 0 aromatic heterocycles.